The van der Waals surface area contributed by atoms with Crippen LogP contribution in [0.1, 0.15) is 60.8 Å². The van der Waals surface area contributed by atoms with Crippen molar-refractivity contribution in [1.82, 2.24) is 0 Å². The summed E-state index contributed by atoms with van der Waals surface area (Å²) in [4.78, 5) is 25.9. The number of aliphatic hydroxyl groups excluding tert-OH is 1. The van der Waals surface area contributed by atoms with Crippen LogP contribution in [-0.2, 0) is 14.3 Å². The third-order valence-corrected chi connectivity index (χ3v) is 2.04. The smallest absolute Gasteiger partial charge is 0.852 e. The number of ether oxygens (including phenoxy) is 1. The van der Waals surface area contributed by atoms with Crippen LogP contribution in [0, 0.1) is 0 Å². The number of carbonyl (C=O) groups excluding carboxylic acids is 3. The zero-order chi connectivity index (χ0) is 17.8. The van der Waals surface area contributed by atoms with Gasteiger partial charge in [0.15, 0.2) is 0 Å². The van der Waals surface area contributed by atoms with E-state index in [0.29, 0.717) is 6.42 Å². The van der Waals surface area contributed by atoms with Crippen molar-refractivity contribution in [3.63, 3.8) is 0 Å². The molecule has 128 valence electrons. The van der Waals surface area contributed by atoms with E-state index < -0.39 is 6.16 Å². The van der Waals surface area contributed by atoms with Gasteiger partial charge in [0.05, 0.1) is 6.10 Å². The average molecular weight is 354 g/mol. The van der Waals surface area contributed by atoms with Crippen LogP contribution in [0.25, 0.3) is 0 Å². The summed E-state index contributed by atoms with van der Waals surface area (Å²) in [5.41, 5.74) is 0. The maximum absolute atomic E-state index is 9.90. The fourth-order valence-electron chi connectivity index (χ4n) is 0.248. The molecule has 0 saturated carbocycles. The number of carbonyl (C=O) groups is 1. The van der Waals surface area contributed by atoms with E-state index in [0.717, 1.165) is 12.8 Å². The molecule has 0 amide bonds. The summed E-state index contributed by atoms with van der Waals surface area (Å²) < 4.78 is 4.20. The van der Waals surface area contributed by atoms with E-state index in [4.69, 9.17) is 14.7 Å². The van der Waals surface area contributed by atoms with Crippen molar-refractivity contribution in [1.29, 1.82) is 0 Å². The number of hydrogen-bond donors (Lipinski definition) is 1. The van der Waals surface area contributed by atoms with Crippen molar-refractivity contribution in [3.05, 3.63) is 0 Å². The summed E-state index contributed by atoms with van der Waals surface area (Å²) in [6.45, 7) is 10.8. The number of carboxylic acid groups (broad SMARTS) is 1. The molecule has 1 N–H and O–H groups in total. The molecular weight excluding hydrogens is 326 g/mol. The molecule has 0 aliphatic heterocycles. The van der Waals surface area contributed by atoms with Crippen LogP contribution in [0.4, 0.5) is 4.79 Å². The second-order valence-electron chi connectivity index (χ2n) is 4.15. The summed E-state index contributed by atoms with van der Waals surface area (Å²) in [7, 11) is 0. The van der Waals surface area contributed by atoms with Crippen molar-refractivity contribution in [2.45, 2.75) is 79.1 Å². The van der Waals surface area contributed by atoms with Crippen LogP contribution in [0.5, 0.6) is 0 Å². The van der Waals surface area contributed by atoms with Gasteiger partial charge in [-0.05, 0) is 26.7 Å². The van der Waals surface area contributed by atoms with Gasteiger partial charge in [-0.1, -0.05) is 34.1 Å². The fourth-order valence-corrected chi connectivity index (χ4v) is 0.248. The Balaban J connectivity index is -0.0000000430. The first-order valence-electron chi connectivity index (χ1n) is 6.83. The number of rotatable bonds is 4. The molecular formula is C14H28Na2O7. The van der Waals surface area contributed by atoms with E-state index in [1.165, 1.54) is 0 Å². The summed E-state index contributed by atoms with van der Waals surface area (Å²) in [5.74, 6) is 0. The van der Waals surface area contributed by atoms with Crippen molar-refractivity contribution < 1.29 is 93.6 Å². The normalized spacial score (nSPS) is 11.3. The zero-order valence-electron chi connectivity index (χ0n) is 15.8. The molecule has 0 aliphatic rings. The summed E-state index contributed by atoms with van der Waals surface area (Å²) in [6.07, 6.45) is 0.387. The van der Waals surface area contributed by atoms with Gasteiger partial charge in [-0.2, -0.15) is 9.59 Å². The van der Waals surface area contributed by atoms with Crippen molar-refractivity contribution >= 4 is 12.3 Å². The van der Waals surface area contributed by atoms with Crippen LogP contribution in [-0.4, -0.2) is 35.7 Å². The van der Waals surface area contributed by atoms with Crippen LogP contribution in [0.2, 0.25) is 0 Å². The Morgan fingerprint density at radius 1 is 1.04 bits per heavy atom. The summed E-state index contributed by atoms with van der Waals surface area (Å²) in [5, 5.41) is 27.9. The summed E-state index contributed by atoms with van der Waals surface area (Å²) >= 11 is 0. The maximum Gasteiger partial charge on any atom is 1.00 e. The Hall–Kier alpha value is 0.570. The third-order valence-electron chi connectivity index (χ3n) is 2.04. The molecule has 0 radical (unpaired) electrons. The Kier molecular flexibility index (Phi) is 57.5. The van der Waals surface area contributed by atoms with E-state index in [-0.39, 0.29) is 83.6 Å². The molecule has 0 aromatic rings. The Bertz CT molecular complexity index is 235. The molecule has 0 heterocycles. The molecule has 0 aromatic carbocycles. The van der Waals surface area contributed by atoms with Gasteiger partial charge in [-0.3, -0.25) is 0 Å². The van der Waals surface area contributed by atoms with E-state index in [2.05, 4.69) is 4.74 Å². The van der Waals surface area contributed by atoms with Crippen LogP contribution < -0.4 is 69.3 Å². The zero-order valence-corrected chi connectivity index (χ0v) is 19.8. The monoisotopic (exact) mass is 354 g/mol. The average Bonchev–Trinajstić information content (AvgIpc) is 2.40. The van der Waals surface area contributed by atoms with Crippen LogP contribution >= 0.6 is 0 Å². The molecule has 0 fully saturated rings. The predicted molar refractivity (Wildman–Crippen MR) is 73.0 cm³/mol. The van der Waals surface area contributed by atoms with Gasteiger partial charge in [-0.25, -0.2) is 0 Å². The molecule has 7 nitrogen and oxygen atoms in total. The molecule has 0 aromatic heterocycles. The maximum atomic E-state index is 9.90. The van der Waals surface area contributed by atoms with Gasteiger partial charge >= 0.3 is 65.3 Å². The van der Waals surface area contributed by atoms with E-state index in [1.807, 2.05) is 20.8 Å². The third kappa shape index (κ3) is 85.5. The van der Waals surface area contributed by atoms with Gasteiger partial charge in [-0.15, -0.1) is 6.10 Å². The topological polar surface area (TPSA) is 127 Å². The minimum atomic E-state index is -1.45. The van der Waals surface area contributed by atoms with E-state index >= 15 is 0 Å². The SMILES string of the molecule is CCC(C)O.CCC(C)OC(=O)[O-].CCC(C)[O-].O=C=O.[Na+].[Na+]. The van der Waals surface area contributed by atoms with Crippen molar-refractivity contribution in [2.24, 2.45) is 0 Å². The van der Waals surface area contributed by atoms with Crippen LogP contribution in [0.15, 0.2) is 0 Å². The minimum absolute atomic E-state index is 0. The molecule has 0 bridgehead atoms. The molecule has 0 spiro atoms. The predicted octanol–water partition coefficient (Wildman–Crippen LogP) is -5.51. The van der Waals surface area contributed by atoms with E-state index in [1.54, 1.807) is 20.8 Å². The van der Waals surface area contributed by atoms with Gasteiger partial charge in [0.1, 0.15) is 0 Å². The summed E-state index contributed by atoms with van der Waals surface area (Å²) in [6, 6.07) is 0. The molecule has 3 unspecified atom stereocenters. The second-order valence-corrected chi connectivity index (χ2v) is 4.15. The number of hydrogen-bond acceptors (Lipinski definition) is 7. The van der Waals surface area contributed by atoms with Crippen molar-refractivity contribution in [2.75, 3.05) is 0 Å². The first-order valence-corrected chi connectivity index (χ1v) is 6.83. The molecule has 23 heavy (non-hydrogen) atoms. The van der Waals surface area contributed by atoms with Crippen LogP contribution in [0.3, 0.4) is 0 Å². The molecule has 0 aliphatic carbocycles. The van der Waals surface area contributed by atoms with Gasteiger partial charge in [0.25, 0.3) is 6.16 Å². The quantitative estimate of drug-likeness (QED) is 0.394. The van der Waals surface area contributed by atoms with Crippen molar-refractivity contribution in [3.8, 4) is 0 Å². The molecule has 0 rings (SSSR count). The Morgan fingerprint density at radius 3 is 1.35 bits per heavy atom. The first-order chi connectivity index (χ1) is 9.62. The van der Waals surface area contributed by atoms with E-state index in [9.17, 15) is 15.0 Å². The second kappa shape index (κ2) is 34.0. The molecule has 3 atom stereocenters. The number of aliphatic hydroxyl groups is 1. The molecule has 9 heteroatoms. The van der Waals surface area contributed by atoms with Gasteiger partial charge in [0, 0.05) is 6.10 Å². The standard InChI is InChI=1S/C5H10O3.C4H10O.C4H9O.CO2.2Na/c1-3-4(2)8-5(6)7;2*1-3-4(2)5;2-1-3;;/h4H,3H2,1-2H3,(H,6,7);4-5H,3H2,1-2H3;4H,3H2,1-2H3;;;/q;;-1;;2*+1/p-1. The minimum Gasteiger partial charge on any atom is -0.852 e. The molecule has 0 saturated heterocycles. The largest absolute Gasteiger partial charge is 1.00 e. The van der Waals surface area contributed by atoms with Gasteiger partial charge in [0.2, 0.25) is 0 Å². The first kappa shape index (κ1) is 38.9. The Morgan fingerprint density at radius 2 is 1.30 bits per heavy atom. The fraction of sp³-hybridized carbons (Fsp3) is 0.857. The Labute approximate surface area is 183 Å². The van der Waals surface area contributed by atoms with Gasteiger partial charge < -0.3 is 24.9 Å².